The molecule has 0 spiro atoms. The van der Waals surface area contributed by atoms with Gasteiger partial charge in [-0.05, 0) is 39.9 Å². The highest BCUT2D eigenvalue weighted by Gasteiger charge is 2.16. The minimum Gasteiger partial charge on any atom is -0.445 e. The summed E-state index contributed by atoms with van der Waals surface area (Å²) in [5, 5.41) is 3.49. The Labute approximate surface area is 90.7 Å². The number of nitrogens with one attached hydrogen (secondary N) is 1. The predicted molar refractivity (Wildman–Crippen MR) is 58.6 cm³/mol. The van der Waals surface area contributed by atoms with Gasteiger partial charge in [-0.2, -0.15) is 0 Å². The lowest BCUT2D eigenvalue weighted by Crippen LogP contribution is -2.40. The first-order valence-corrected chi connectivity index (χ1v) is 5.57. The van der Waals surface area contributed by atoms with E-state index >= 15 is 0 Å². The van der Waals surface area contributed by atoms with E-state index in [1.807, 2.05) is 6.92 Å². The van der Waals surface area contributed by atoms with Crippen LogP contribution in [-0.4, -0.2) is 36.1 Å². The summed E-state index contributed by atoms with van der Waals surface area (Å²) in [5.74, 6) is 1.68. The molecule has 84 valence electrons. The molecule has 15 heavy (non-hydrogen) atoms. The van der Waals surface area contributed by atoms with Crippen LogP contribution in [0.15, 0.2) is 10.6 Å². The van der Waals surface area contributed by atoms with E-state index < -0.39 is 0 Å². The summed E-state index contributed by atoms with van der Waals surface area (Å²) in [6, 6.07) is 0.619. The molecule has 1 N–H and O–H groups in total. The van der Waals surface area contributed by atoms with Gasteiger partial charge in [-0.25, -0.2) is 4.98 Å². The minimum atomic E-state index is 0.619. The van der Waals surface area contributed by atoms with Crippen molar-refractivity contribution in [2.75, 3.05) is 20.1 Å². The fourth-order valence-electron chi connectivity index (χ4n) is 1.93. The summed E-state index contributed by atoms with van der Waals surface area (Å²) in [6.45, 7) is 5.04. The number of hydrogen-bond donors (Lipinski definition) is 1. The van der Waals surface area contributed by atoms with Crippen LogP contribution in [0.3, 0.4) is 0 Å². The van der Waals surface area contributed by atoms with Gasteiger partial charge in [0.25, 0.3) is 0 Å². The fraction of sp³-hybridized carbons (Fsp3) is 0.727. The quantitative estimate of drug-likeness (QED) is 0.811. The highest BCUT2D eigenvalue weighted by atomic mass is 16.4. The second-order valence-corrected chi connectivity index (χ2v) is 4.32. The van der Waals surface area contributed by atoms with Gasteiger partial charge in [0.1, 0.15) is 5.76 Å². The number of piperidine rings is 1. The maximum atomic E-state index is 5.41. The highest BCUT2D eigenvalue weighted by Crippen LogP contribution is 2.09. The number of oxazole rings is 1. The zero-order valence-corrected chi connectivity index (χ0v) is 9.49. The van der Waals surface area contributed by atoms with Gasteiger partial charge in [0.15, 0.2) is 0 Å². The van der Waals surface area contributed by atoms with Crippen molar-refractivity contribution in [1.82, 2.24) is 15.2 Å². The minimum absolute atomic E-state index is 0.619. The van der Waals surface area contributed by atoms with Crippen LogP contribution in [0.1, 0.15) is 24.5 Å². The second-order valence-electron chi connectivity index (χ2n) is 4.32. The molecule has 0 amide bonds. The third kappa shape index (κ3) is 3.04. The first-order chi connectivity index (χ1) is 7.24. The molecule has 1 aromatic rings. The Kier molecular flexibility index (Phi) is 3.38. The van der Waals surface area contributed by atoms with Gasteiger partial charge >= 0.3 is 0 Å². The van der Waals surface area contributed by atoms with Crippen molar-refractivity contribution >= 4 is 0 Å². The van der Waals surface area contributed by atoms with Crippen LogP contribution < -0.4 is 5.32 Å². The Morgan fingerprint density at radius 1 is 1.53 bits per heavy atom. The largest absolute Gasteiger partial charge is 0.445 e. The molecule has 1 fully saturated rings. The van der Waals surface area contributed by atoms with Crippen molar-refractivity contribution in [1.29, 1.82) is 0 Å². The van der Waals surface area contributed by atoms with Gasteiger partial charge in [0.2, 0.25) is 5.89 Å². The zero-order valence-electron chi connectivity index (χ0n) is 9.49. The smallest absolute Gasteiger partial charge is 0.208 e. The fourth-order valence-corrected chi connectivity index (χ4v) is 1.93. The summed E-state index contributed by atoms with van der Waals surface area (Å²) in [6.07, 6.45) is 4.21. The molecule has 2 heterocycles. The normalized spacial score (nSPS) is 19.6. The number of nitrogens with zero attached hydrogens (tertiary/aromatic N) is 2. The van der Waals surface area contributed by atoms with Gasteiger partial charge in [0.05, 0.1) is 12.7 Å². The summed E-state index contributed by atoms with van der Waals surface area (Å²) in [7, 11) is 2.17. The molecular weight excluding hydrogens is 190 g/mol. The van der Waals surface area contributed by atoms with Gasteiger partial charge in [-0.15, -0.1) is 0 Å². The van der Waals surface area contributed by atoms with Crippen molar-refractivity contribution < 1.29 is 4.42 Å². The maximum Gasteiger partial charge on any atom is 0.208 e. The second kappa shape index (κ2) is 4.77. The van der Waals surface area contributed by atoms with Crippen molar-refractivity contribution in [2.24, 2.45) is 0 Å². The molecule has 0 atom stereocenters. The summed E-state index contributed by atoms with van der Waals surface area (Å²) in [4.78, 5) is 6.54. The molecule has 0 aliphatic carbocycles. The Morgan fingerprint density at radius 2 is 2.27 bits per heavy atom. The molecule has 0 bridgehead atoms. The summed E-state index contributed by atoms with van der Waals surface area (Å²) >= 11 is 0. The van der Waals surface area contributed by atoms with Crippen LogP contribution in [0, 0.1) is 6.92 Å². The third-order valence-corrected chi connectivity index (χ3v) is 2.93. The molecule has 0 saturated carbocycles. The van der Waals surface area contributed by atoms with Crippen molar-refractivity contribution in [3.63, 3.8) is 0 Å². The van der Waals surface area contributed by atoms with E-state index in [0.29, 0.717) is 6.04 Å². The third-order valence-electron chi connectivity index (χ3n) is 2.93. The van der Waals surface area contributed by atoms with Gasteiger partial charge in [-0.1, -0.05) is 0 Å². The molecule has 0 aromatic carbocycles. The van der Waals surface area contributed by atoms with Gasteiger partial charge < -0.3 is 14.6 Å². The Bertz CT molecular complexity index is 303. The highest BCUT2D eigenvalue weighted by molar-refractivity contribution is 4.91. The Hall–Kier alpha value is -0.870. The standard InChI is InChI=1S/C11H19N3O/c1-9-7-13-11(15-9)8-12-10-3-5-14(2)6-4-10/h7,10,12H,3-6,8H2,1-2H3. The molecule has 4 heteroatoms. The number of hydrogen-bond acceptors (Lipinski definition) is 4. The Balaban J connectivity index is 1.74. The molecule has 1 saturated heterocycles. The first kappa shape index (κ1) is 10.6. The van der Waals surface area contributed by atoms with E-state index in [1.165, 1.54) is 25.9 Å². The zero-order chi connectivity index (χ0) is 10.7. The van der Waals surface area contributed by atoms with E-state index in [-0.39, 0.29) is 0 Å². The number of aryl methyl sites for hydroxylation is 1. The number of likely N-dealkylation sites (tertiary alicyclic amines) is 1. The number of rotatable bonds is 3. The Morgan fingerprint density at radius 3 is 2.87 bits per heavy atom. The molecule has 4 nitrogen and oxygen atoms in total. The van der Waals surface area contributed by atoms with E-state index in [4.69, 9.17) is 4.42 Å². The lowest BCUT2D eigenvalue weighted by Gasteiger charge is -2.29. The van der Waals surface area contributed by atoms with Crippen LogP contribution >= 0.6 is 0 Å². The molecule has 0 unspecified atom stereocenters. The van der Waals surface area contributed by atoms with E-state index in [1.54, 1.807) is 6.20 Å². The van der Waals surface area contributed by atoms with E-state index in [9.17, 15) is 0 Å². The lowest BCUT2D eigenvalue weighted by atomic mass is 10.1. The topological polar surface area (TPSA) is 41.3 Å². The molecule has 1 aliphatic heterocycles. The molecule has 0 radical (unpaired) electrons. The lowest BCUT2D eigenvalue weighted by molar-refractivity contribution is 0.230. The average Bonchev–Trinajstić information content (AvgIpc) is 2.64. The van der Waals surface area contributed by atoms with Gasteiger partial charge in [0, 0.05) is 6.04 Å². The summed E-state index contributed by atoms with van der Waals surface area (Å²) in [5.41, 5.74) is 0. The first-order valence-electron chi connectivity index (χ1n) is 5.57. The van der Waals surface area contributed by atoms with E-state index in [2.05, 4.69) is 22.2 Å². The van der Waals surface area contributed by atoms with Crippen molar-refractivity contribution in [2.45, 2.75) is 32.4 Å². The van der Waals surface area contributed by atoms with Crippen LogP contribution in [-0.2, 0) is 6.54 Å². The molecule has 2 rings (SSSR count). The van der Waals surface area contributed by atoms with Crippen molar-refractivity contribution in [3.8, 4) is 0 Å². The number of aromatic nitrogens is 1. The van der Waals surface area contributed by atoms with Gasteiger partial charge in [-0.3, -0.25) is 0 Å². The SMILES string of the molecule is Cc1cnc(CNC2CCN(C)CC2)o1. The van der Waals surface area contributed by atoms with Crippen LogP contribution in [0.5, 0.6) is 0 Å². The maximum absolute atomic E-state index is 5.41. The summed E-state index contributed by atoms with van der Waals surface area (Å²) < 4.78 is 5.41. The molecule has 1 aliphatic rings. The van der Waals surface area contributed by atoms with Crippen LogP contribution in [0.4, 0.5) is 0 Å². The molecule has 1 aromatic heterocycles. The van der Waals surface area contributed by atoms with Crippen molar-refractivity contribution in [3.05, 3.63) is 17.8 Å². The predicted octanol–water partition coefficient (Wildman–Crippen LogP) is 1.17. The monoisotopic (exact) mass is 209 g/mol. The molecular formula is C11H19N3O. The van der Waals surface area contributed by atoms with Crippen LogP contribution in [0.2, 0.25) is 0 Å². The van der Waals surface area contributed by atoms with E-state index in [0.717, 1.165) is 18.2 Å². The van der Waals surface area contributed by atoms with Crippen LogP contribution in [0.25, 0.3) is 0 Å². The average molecular weight is 209 g/mol.